The second-order valence-corrected chi connectivity index (χ2v) is 6.32. The Bertz CT molecular complexity index is 414. The molecule has 2 unspecified atom stereocenters. The van der Waals surface area contributed by atoms with E-state index in [1.807, 2.05) is 7.05 Å². The van der Waals surface area contributed by atoms with Crippen molar-refractivity contribution >= 4 is 12.0 Å². The minimum Gasteiger partial charge on any atom is -0.481 e. The average Bonchev–Trinajstić information content (AvgIpc) is 2.95. The van der Waals surface area contributed by atoms with Crippen molar-refractivity contribution < 1.29 is 14.7 Å². The van der Waals surface area contributed by atoms with Gasteiger partial charge in [-0.3, -0.25) is 4.79 Å². The highest BCUT2D eigenvalue weighted by molar-refractivity contribution is 5.76. The molecule has 2 aliphatic carbocycles. The van der Waals surface area contributed by atoms with Crippen LogP contribution in [0.5, 0.6) is 0 Å². The second kappa shape index (κ2) is 6.96. The Labute approximate surface area is 126 Å². The van der Waals surface area contributed by atoms with E-state index < -0.39 is 11.9 Å². The van der Waals surface area contributed by atoms with E-state index in [0.29, 0.717) is 12.5 Å². The first kappa shape index (κ1) is 15.9. The Balaban J connectivity index is 1.79. The summed E-state index contributed by atoms with van der Waals surface area (Å²) < 4.78 is 0. The molecule has 5 nitrogen and oxygen atoms in total. The monoisotopic (exact) mass is 294 g/mol. The fraction of sp³-hybridized carbons (Fsp3) is 0.750. The molecule has 0 aromatic carbocycles. The number of aliphatic carboxylic acids is 1. The molecule has 5 heteroatoms. The van der Waals surface area contributed by atoms with Gasteiger partial charge in [-0.2, -0.15) is 0 Å². The van der Waals surface area contributed by atoms with Crippen LogP contribution in [0.15, 0.2) is 12.2 Å². The van der Waals surface area contributed by atoms with Gasteiger partial charge in [-0.05, 0) is 38.0 Å². The Morgan fingerprint density at radius 2 is 1.90 bits per heavy atom. The first-order valence-electron chi connectivity index (χ1n) is 7.95. The van der Waals surface area contributed by atoms with E-state index in [1.165, 1.54) is 19.3 Å². The number of carboxylic acids is 1. The lowest BCUT2D eigenvalue weighted by atomic mass is 9.84. The number of urea groups is 1. The normalized spacial score (nSPS) is 31.9. The summed E-state index contributed by atoms with van der Waals surface area (Å²) in [6.07, 6.45) is 9.68. The van der Waals surface area contributed by atoms with Gasteiger partial charge in [0.15, 0.2) is 0 Å². The topological polar surface area (TPSA) is 69.6 Å². The van der Waals surface area contributed by atoms with Crippen molar-refractivity contribution in [1.29, 1.82) is 0 Å². The van der Waals surface area contributed by atoms with Gasteiger partial charge in [0.25, 0.3) is 0 Å². The van der Waals surface area contributed by atoms with Crippen LogP contribution < -0.4 is 5.32 Å². The molecule has 21 heavy (non-hydrogen) atoms. The Kier molecular flexibility index (Phi) is 5.26. The maximum absolute atomic E-state index is 12.3. The molecule has 1 fully saturated rings. The molecule has 0 radical (unpaired) electrons. The van der Waals surface area contributed by atoms with Crippen LogP contribution in [0.25, 0.3) is 0 Å². The maximum Gasteiger partial charge on any atom is 0.317 e. The summed E-state index contributed by atoms with van der Waals surface area (Å²) in [5, 5.41) is 11.9. The van der Waals surface area contributed by atoms with Crippen LogP contribution in [0.3, 0.4) is 0 Å². The van der Waals surface area contributed by atoms with Crippen molar-refractivity contribution in [3.8, 4) is 0 Å². The molecular weight excluding hydrogens is 268 g/mol. The summed E-state index contributed by atoms with van der Waals surface area (Å²) in [7, 11) is 1.85. The highest BCUT2D eigenvalue weighted by Gasteiger charge is 2.29. The van der Waals surface area contributed by atoms with Gasteiger partial charge in [0.1, 0.15) is 0 Å². The SMILES string of the molecule is CCC1CCC(N(C)C(=O)NC2C=CC(C(=O)O)C2)CC1. The first-order chi connectivity index (χ1) is 10.0. The zero-order chi connectivity index (χ0) is 15.4. The van der Waals surface area contributed by atoms with E-state index in [9.17, 15) is 9.59 Å². The average molecular weight is 294 g/mol. The molecular formula is C16H26N2O3. The van der Waals surface area contributed by atoms with E-state index >= 15 is 0 Å². The van der Waals surface area contributed by atoms with Crippen LogP contribution >= 0.6 is 0 Å². The Hall–Kier alpha value is -1.52. The van der Waals surface area contributed by atoms with Crippen LogP contribution in [-0.4, -0.2) is 41.1 Å². The molecule has 0 spiro atoms. The largest absolute Gasteiger partial charge is 0.481 e. The predicted molar refractivity (Wildman–Crippen MR) is 81.0 cm³/mol. The quantitative estimate of drug-likeness (QED) is 0.783. The standard InChI is InChI=1S/C16H26N2O3/c1-3-11-4-8-14(9-5-11)18(2)16(21)17-13-7-6-12(10-13)15(19)20/h6-7,11-14H,3-5,8-10H2,1-2H3,(H,17,21)(H,19,20). The van der Waals surface area contributed by atoms with Crippen LogP contribution in [0.1, 0.15) is 45.4 Å². The van der Waals surface area contributed by atoms with Gasteiger partial charge in [0, 0.05) is 13.1 Å². The van der Waals surface area contributed by atoms with E-state index in [4.69, 9.17) is 5.11 Å². The van der Waals surface area contributed by atoms with E-state index in [-0.39, 0.29) is 12.1 Å². The number of rotatable bonds is 4. The van der Waals surface area contributed by atoms with E-state index in [1.54, 1.807) is 17.1 Å². The predicted octanol–water partition coefficient (Wildman–Crippen LogP) is 2.63. The molecule has 2 aliphatic rings. The van der Waals surface area contributed by atoms with Crippen LogP contribution in [-0.2, 0) is 4.79 Å². The number of carbonyl (C=O) groups excluding carboxylic acids is 1. The van der Waals surface area contributed by atoms with Crippen molar-refractivity contribution in [2.75, 3.05) is 7.05 Å². The summed E-state index contributed by atoms with van der Waals surface area (Å²) in [6, 6.07) is 0.0668. The molecule has 2 rings (SSSR count). The highest BCUT2D eigenvalue weighted by Crippen LogP contribution is 2.29. The molecule has 1 saturated carbocycles. The fourth-order valence-corrected chi connectivity index (χ4v) is 3.36. The number of nitrogens with zero attached hydrogens (tertiary/aromatic N) is 1. The van der Waals surface area contributed by atoms with Gasteiger partial charge in [-0.15, -0.1) is 0 Å². The third-order valence-electron chi connectivity index (χ3n) is 4.97. The lowest BCUT2D eigenvalue weighted by Gasteiger charge is -2.35. The van der Waals surface area contributed by atoms with E-state index in [2.05, 4.69) is 12.2 Å². The number of amides is 2. The minimum absolute atomic E-state index is 0.0874. The van der Waals surface area contributed by atoms with Gasteiger partial charge < -0.3 is 15.3 Å². The number of nitrogens with one attached hydrogen (secondary N) is 1. The smallest absolute Gasteiger partial charge is 0.317 e. The van der Waals surface area contributed by atoms with Crippen molar-refractivity contribution in [2.45, 2.75) is 57.5 Å². The number of carbonyl (C=O) groups is 2. The molecule has 0 saturated heterocycles. The summed E-state index contributed by atoms with van der Waals surface area (Å²) >= 11 is 0. The lowest BCUT2D eigenvalue weighted by molar-refractivity contribution is -0.140. The fourth-order valence-electron chi connectivity index (χ4n) is 3.36. The van der Waals surface area contributed by atoms with Crippen molar-refractivity contribution in [2.24, 2.45) is 11.8 Å². The molecule has 0 aromatic rings. The number of carboxylic acid groups (broad SMARTS) is 1. The molecule has 2 N–H and O–H groups in total. The van der Waals surface area contributed by atoms with Crippen molar-refractivity contribution in [1.82, 2.24) is 10.2 Å². The van der Waals surface area contributed by atoms with Gasteiger partial charge in [-0.1, -0.05) is 25.5 Å². The molecule has 0 bridgehead atoms. The minimum atomic E-state index is -0.825. The van der Waals surface area contributed by atoms with E-state index in [0.717, 1.165) is 18.8 Å². The third-order valence-corrected chi connectivity index (χ3v) is 4.97. The van der Waals surface area contributed by atoms with Crippen molar-refractivity contribution in [3.05, 3.63) is 12.2 Å². The summed E-state index contributed by atoms with van der Waals surface area (Å²) in [5.41, 5.74) is 0. The Morgan fingerprint density at radius 3 is 2.43 bits per heavy atom. The van der Waals surface area contributed by atoms with Crippen LogP contribution in [0.2, 0.25) is 0 Å². The number of hydrogen-bond acceptors (Lipinski definition) is 2. The molecule has 2 atom stereocenters. The van der Waals surface area contributed by atoms with Crippen molar-refractivity contribution in [3.63, 3.8) is 0 Å². The molecule has 0 aliphatic heterocycles. The zero-order valence-electron chi connectivity index (χ0n) is 12.9. The van der Waals surface area contributed by atoms with Gasteiger partial charge in [-0.25, -0.2) is 4.79 Å². The second-order valence-electron chi connectivity index (χ2n) is 6.32. The molecule has 0 heterocycles. The highest BCUT2D eigenvalue weighted by atomic mass is 16.4. The summed E-state index contributed by atoms with van der Waals surface area (Å²) in [6.45, 7) is 2.23. The summed E-state index contributed by atoms with van der Waals surface area (Å²) in [5.74, 6) is -0.485. The zero-order valence-corrected chi connectivity index (χ0v) is 12.9. The molecule has 2 amide bonds. The molecule has 0 aromatic heterocycles. The van der Waals surface area contributed by atoms with Gasteiger partial charge in [0.05, 0.1) is 12.0 Å². The molecule has 118 valence electrons. The van der Waals surface area contributed by atoms with Crippen LogP contribution in [0, 0.1) is 11.8 Å². The maximum atomic E-state index is 12.3. The third kappa shape index (κ3) is 3.99. The summed E-state index contributed by atoms with van der Waals surface area (Å²) in [4.78, 5) is 25.0. The van der Waals surface area contributed by atoms with Gasteiger partial charge in [0.2, 0.25) is 0 Å². The Morgan fingerprint density at radius 1 is 1.24 bits per heavy atom. The first-order valence-corrected chi connectivity index (χ1v) is 7.95. The van der Waals surface area contributed by atoms with Crippen LogP contribution in [0.4, 0.5) is 4.79 Å². The van der Waals surface area contributed by atoms with Gasteiger partial charge >= 0.3 is 12.0 Å². The number of hydrogen-bond donors (Lipinski definition) is 2. The lowest BCUT2D eigenvalue weighted by Crippen LogP contribution is -2.47.